The molecule has 0 aromatic heterocycles. The number of nitrogens with zero attached hydrogens (tertiary/aromatic N) is 1. The van der Waals surface area contributed by atoms with Crippen LogP contribution in [-0.2, 0) is 15.8 Å². The van der Waals surface area contributed by atoms with Crippen molar-refractivity contribution in [1.82, 2.24) is 0 Å². The smallest absolute Gasteiger partial charge is 0.382 e. The first-order valence-electron chi connectivity index (χ1n) is 7.31. The Labute approximate surface area is 140 Å². The van der Waals surface area contributed by atoms with Crippen molar-refractivity contribution in [1.29, 1.82) is 0 Å². The van der Waals surface area contributed by atoms with E-state index in [4.69, 9.17) is 4.84 Å². The minimum absolute atomic E-state index is 0.0407. The second-order valence-electron chi connectivity index (χ2n) is 5.35. The predicted molar refractivity (Wildman–Crippen MR) is 82.5 cm³/mol. The average molecular weight is 352 g/mol. The number of oxime groups is 1. The highest BCUT2D eigenvalue weighted by Crippen LogP contribution is 2.34. The Morgan fingerprint density at radius 1 is 1.12 bits per heavy atom. The zero-order chi connectivity index (χ0) is 18.0. The normalized spacial score (nSPS) is 17.0. The van der Waals surface area contributed by atoms with E-state index >= 15 is 0 Å². The average Bonchev–Trinajstić information content (AvgIpc) is 3.04. The van der Waals surface area contributed by atoms with Crippen LogP contribution < -0.4 is 5.32 Å². The van der Waals surface area contributed by atoms with E-state index in [0.717, 1.165) is 12.1 Å². The van der Waals surface area contributed by atoms with Gasteiger partial charge >= 0.3 is 6.18 Å². The molecule has 0 spiro atoms. The van der Waals surface area contributed by atoms with Gasteiger partial charge in [0.1, 0.15) is 5.82 Å². The maximum atomic E-state index is 13.7. The molecule has 0 radical (unpaired) electrons. The van der Waals surface area contributed by atoms with Crippen LogP contribution in [0.15, 0.2) is 53.7 Å². The number of benzene rings is 2. The van der Waals surface area contributed by atoms with Gasteiger partial charge in [0, 0.05) is 12.0 Å². The fourth-order valence-corrected chi connectivity index (χ4v) is 2.42. The molecule has 4 nitrogen and oxygen atoms in total. The molecule has 1 aliphatic rings. The van der Waals surface area contributed by atoms with Crippen LogP contribution in [0.3, 0.4) is 0 Å². The fourth-order valence-electron chi connectivity index (χ4n) is 2.42. The number of halogens is 4. The number of hydrogen-bond acceptors (Lipinski definition) is 3. The summed E-state index contributed by atoms with van der Waals surface area (Å²) in [6.45, 7) is 0. The number of amides is 1. The van der Waals surface area contributed by atoms with Gasteiger partial charge in [-0.15, -0.1) is 0 Å². The van der Waals surface area contributed by atoms with E-state index in [1.807, 2.05) is 0 Å². The summed E-state index contributed by atoms with van der Waals surface area (Å²) in [6, 6.07) is 10.5. The maximum absolute atomic E-state index is 13.7. The van der Waals surface area contributed by atoms with Crippen LogP contribution in [0.5, 0.6) is 0 Å². The van der Waals surface area contributed by atoms with Gasteiger partial charge in [0.15, 0.2) is 0 Å². The molecule has 0 saturated carbocycles. The Morgan fingerprint density at radius 3 is 2.52 bits per heavy atom. The number of para-hydroxylation sites is 1. The van der Waals surface area contributed by atoms with Crippen molar-refractivity contribution in [3.05, 3.63) is 65.5 Å². The molecule has 0 saturated heterocycles. The summed E-state index contributed by atoms with van der Waals surface area (Å²) in [4.78, 5) is 17.1. The van der Waals surface area contributed by atoms with Gasteiger partial charge in [-0.2, -0.15) is 13.2 Å². The van der Waals surface area contributed by atoms with Crippen LogP contribution in [0.4, 0.5) is 23.2 Å². The van der Waals surface area contributed by atoms with E-state index in [1.165, 1.54) is 30.3 Å². The van der Waals surface area contributed by atoms with E-state index in [9.17, 15) is 22.4 Å². The third-order valence-electron chi connectivity index (χ3n) is 3.64. The molecule has 0 bridgehead atoms. The molecule has 2 aromatic carbocycles. The highest BCUT2D eigenvalue weighted by atomic mass is 19.4. The number of rotatable bonds is 3. The van der Waals surface area contributed by atoms with Crippen molar-refractivity contribution in [2.24, 2.45) is 5.16 Å². The molecule has 0 unspecified atom stereocenters. The molecule has 1 atom stereocenters. The highest BCUT2D eigenvalue weighted by Gasteiger charge is 2.35. The summed E-state index contributed by atoms with van der Waals surface area (Å²) >= 11 is 0. The van der Waals surface area contributed by atoms with Crippen molar-refractivity contribution in [3.63, 3.8) is 0 Å². The molecule has 1 N–H and O–H groups in total. The second kappa shape index (κ2) is 6.54. The summed E-state index contributed by atoms with van der Waals surface area (Å²) in [5.74, 6) is -1.31. The molecule has 0 aliphatic carbocycles. The number of alkyl halides is 3. The number of carbonyl (C=O) groups excluding carboxylic acids is 1. The van der Waals surface area contributed by atoms with Crippen LogP contribution in [-0.4, -0.2) is 17.7 Å². The zero-order valence-electron chi connectivity index (χ0n) is 12.7. The van der Waals surface area contributed by atoms with Gasteiger partial charge in [0.2, 0.25) is 6.10 Å². The van der Waals surface area contributed by atoms with Crippen molar-refractivity contribution < 1.29 is 27.2 Å². The van der Waals surface area contributed by atoms with Crippen LogP contribution in [0, 0.1) is 5.82 Å². The van der Waals surface area contributed by atoms with Crippen molar-refractivity contribution in [2.45, 2.75) is 18.7 Å². The minimum atomic E-state index is -4.60. The summed E-state index contributed by atoms with van der Waals surface area (Å²) in [7, 11) is 0. The Morgan fingerprint density at radius 2 is 1.80 bits per heavy atom. The van der Waals surface area contributed by atoms with Gasteiger partial charge in [0.25, 0.3) is 5.91 Å². The van der Waals surface area contributed by atoms with E-state index in [1.54, 1.807) is 6.07 Å². The molecule has 1 amide bonds. The molecule has 2 aromatic rings. The van der Waals surface area contributed by atoms with E-state index in [0.29, 0.717) is 0 Å². The fraction of sp³-hybridized carbons (Fsp3) is 0.176. The lowest BCUT2D eigenvalue weighted by molar-refractivity contribution is -0.137. The Balaban J connectivity index is 1.72. The van der Waals surface area contributed by atoms with E-state index < -0.39 is 29.6 Å². The SMILES string of the molecule is O=C(Nc1ccccc1C(F)(F)F)[C@H]1CC(c2ccccc2F)=NO1. The Bertz CT molecular complexity index is 833. The van der Waals surface area contributed by atoms with E-state index in [-0.39, 0.29) is 23.4 Å². The van der Waals surface area contributed by atoms with E-state index in [2.05, 4.69) is 10.5 Å². The lowest BCUT2D eigenvalue weighted by Crippen LogP contribution is -2.29. The maximum Gasteiger partial charge on any atom is 0.418 e. The van der Waals surface area contributed by atoms with Crippen LogP contribution in [0.2, 0.25) is 0 Å². The lowest BCUT2D eigenvalue weighted by atomic mass is 10.0. The number of carbonyl (C=O) groups is 1. The molecule has 130 valence electrons. The van der Waals surface area contributed by atoms with Gasteiger partial charge in [-0.25, -0.2) is 4.39 Å². The molecule has 1 heterocycles. The highest BCUT2D eigenvalue weighted by molar-refractivity contribution is 6.06. The van der Waals surface area contributed by atoms with Crippen LogP contribution >= 0.6 is 0 Å². The van der Waals surface area contributed by atoms with Gasteiger partial charge in [-0.05, 0) is 18.2 Å². The van der Waals surface area contributed by atoms with Crippen LogP contribution in [0.1, 0.15) is 17.5 Å². The molecule has 1 aliphatic heterocycles. The summed E-state index contributed by atoms with van der Waals surface area (Å²) in [6.07, 6.45) is -5.77. The van der Waals surface area contributed by atoms with Gasteiger partial charge in [-0.3, -0.25) is 4.79 Å². The molecule has 3 rings (SSSR count). The summed E-state index contributed by atoms with van der Waals surface area (Å²) in [5.41, 5.74) is -0.921. The number of nitrogens with one attached hydrogen (secondary N) is 1. The summed E-state index contributed by atoms with van der Waals surface area (Å²) in [5, 5.41) is 5.87. The van der Waals surface area contributed by atoms with Crippen molar-refractivity contribution in [2.75, 3.05) is 5.32 Å². The molecule has 0 fully saturated rings. The van der Waals surface area contributed by atoms with Crippen LogP contribution in [0.25, 0.3) is 0 Å². The topological polar surface area (TPSA) is 50.7 Å². The predicted octanol–water partition coefficient (Wildman–Crippen LogP) is 3.98. The minimum Gasteiger partial charge on any atom is -0.382 e. The largest absolute Gasteiger partial charge is 0.418 e. The lowest BCUT2D eigenvalue weighted by Gasteiger charge is -2.15. The van der Waals surface area contributed by atoms with Crippen molar-refractivity contribution in [3.8, 4) is 0 Å². The van der Waals surface area contributed by atoms with Gasteiger partial charge in [0.05, 0.1) is 17.0 Å². The third kappa shape index (κ3) is 3.62. The zero-order valence-corrected chi connectivity index (χ0v) is 12.7. The number of hydrogen-bond donors (Lipinski definition) is 1. The third-order valence-corrected chi connectivity index (χ3v) is 3.64. The molecular weight excluding hydrogens is 340 g/mol. The van der Waals surface area contributed by atoms with Crippen molar-refractivity contribution >= 4 is 17.3 Å². The Hall–Kier alpha value is -2.90. The summed E-state index contributed by atoms with van der Waals surface area (Å²) < 4.78 is 52.6. The first-order chi connectivity index (χ1) is 11.9. The van der Waals surface area contributed by atoms with Gasteiger partial charge in [-0.1, -0.05) is 35.5 Å². The second-order valence-corrected chi connectivity index (χ2v) is 5.35. The van der Waals surface area contributed by atoms with Gasteiger partial charge < -0.3 is 10.2 Å². The quantitative estimate of drug-likeness (QED) is 0.850. The molecular formula is C17H12F4N2O2. The monoisotopic (exact) mass is 352 g/mol. The molecule has 25 heavy (non-hydrogen) atoms. The first kappa shape index (κ1) is 16.9. The molecule has 8 heteroatoms. The number of anilines is 1. The Kier molecular flexibility index (Phi) is 4.43. The first-order valence-corrected chi connectivity index (χ1v) is 7.31. The standard InChI is InChI=1S/C17H12F4N2O2/c18-12-7-3-1-5-10(12)14-9-15(25-23-14)16(24)22-13-8-4-2-6-11(13)17(19,20)21/h1-8,15H,9H2,(H,22,24)/t15-/m1/s1.